The molecule has 0 aliphatic heterocycles. The lowest BCUT2D eigenvalue weighted by Gasteiger charge is -2.08. The van der Waals surface area contributed by atoms with E-state index in [1.807, 2.05) is 36.4 Å². The van der Waals surface area contributed by atoms with Crippen molar-refractivity contribution in [2.45, 2.75) is 19.8 Å². The van der Waals surface area contributed by atoms with Gasteiger partial charge in [-0.25, -0.2) is 0 Å². The van der Waals surface area contributed by atoms with Crippen molar-refractivity contribution in [3.05, 3.63) is 48.5 Å². The molecular weight excluding hydrogens is 250 g/mol. The van der Waals surface area contributed by atoms with E-state index in [0.29, 0.717) is 5.57 Å². The minimum atomic E-state index is -0.496. The van der Waals surface area contributed by atoms with Gasteiger partial charge in [0.25, 0.3) is 0 Å². The Morgan fingerprint density at radius 2 is 1.90 bits per heavy atom. The van der Waals surface area contributed by atoms with E-state index < -0.39 is 5.91 Å². The molecule has 20 heavy (non-hydrogen) atoms. The van der Waals surface area contributed by atoms with Gasteiger partial charge in [-0.2, -0.15) is 0 Å². The van der Waals surface area contributed by atoms with Gasteiger partial charge in [0.2, 0.25) is 5.91 Å². The molecule has 2 aromatic carbocycles. The van der Waals surface area contributed by atoms with Crippen LogP contribution in [-0.2, 0) is 4.79 Å². The zero-order chi connectivity index (χ0) is 14.5. The molecule has 2 N–H and O–H groups in total. The summed E-state index contributed by atoms with van der Waals surface area (Å²) in [5, 5.41) is 2.10. The van der Waals surface area contributed by atoms with Crippen LogP contribution in [0.3, 0.4) is 0 Å². The van der Waals surface area contributed by atoms with E-state index in [0.717, 1.165) is 41.5 Å². The van der Waals surface area contributed by atoms with Crippen molar-refractivity contribution in [3.63, 3.8) is 0 Å². The van der Waals surface area contributed by atoms with E-state index in [2.05, 4.69) is 13.5 Å². The van der Waals surface area contributed by atoms with Crippen LogP contribution < -0.4 is 10.5 Å². The number of primary amides is 1. The molecule has 0 radical (unpaired) electrons. The molecule has 0 atom stereocenters. The Kier molecular flexibility index (Phi) is 4.41. The van der Waals surface area contributed by atoms with Gasteiger partial charge in [0.1, 0.15) is 5.75 Å². The molecule has 0 spiro atoms. The quantitative estimate of drug-likeness (QED) is 0.644. The van der Waals surface area contributed by atoms with Gasteiger partial charge in [0.15, 0.2) is 0 Å². The number of nitrogens with two attached hydrogens (primary N) is 1. The first-order chi connectivity index (χ1) is 9.61. The van der Waals surface area contributed by atoms with Crippen LogP contribution in [0, 0.1) is 0 Å². The number of fused-ring (bicyclic) bond motifs is 1. The predicted molar refractivity (Wildman–Crippen MR) is 82.6 cm³/mol. The topological polar surface area (TPSA) is 52.3 Å². The van der Waals surface area contributed by atoms with Crippen molar-refractivity contribution >= 4 is 22.3 Å². The summed E-state index contributed by atoms with van der Waals surface area (Å²) in [6.45, 7) is 6.57. The van der Waals surface area contributed by atoms with Crippen LogP contribution in [-0.4, -0.2) is 12.5 Å². The van der Waals surface area contributed by atoms with Gasteiger partial charge in [-0.3, -0.25) is 4.79 Å². The molecule has 3 heteroatoms. The van der Waals surface area contributed by atoms with Gasteiger partial charge in [-0.1, -0.05) is 38.1 Å². The number of carbonyl (C=O) groups excluding carboxylic acids is 1. The normalized spacial score (nSPS) is 10.4. The highest BCUT2D eigenvalue weighted by atomic mass is 16.5. The summed E-state index contributed by atoms with van der Waals surface area (Å²) >= 11 is 0. The average molecular weight is 269 g/mol. The lowest BCUT2D eigenvalue weighted by molar-refractivity contribution is -0.112. The number of hydrogen-bond acceptors (Lipinski definition) is 2. The summed E-state index contributed by atoms with van der Waals surface area (Å²) in [5.41, 5.74) is 6.33. The SMILES string of the molecule is C=C(C(N)=O)c1ccc2cc(OCCCC)ccc2c1. The zero-order valence-corrected chi connectivity index (χ0v) is 11.7. The third-order valence-electron chi connectivity index (χ3n) is 3.22. The first kappa shape index (κ1) is 14.1. The Morgan fingerprint density at radius 3 is 2.60 bits per heavy atom. The zero-order valence-electron chi connectivity index (χ0n) is 11.7. The molecule has 0 saturated heterocycles. The van der Waals surface area contributed by atoms with E-state index >= 15 is 0 Å². The Morgan fingerprint density at radius 1 is 1.20 bits per heavy atom. The molecule has 104 valence electrons. The van der Waals surface area contributed by atoms with Crippen molar-refractivity contribution < 1.29 is 9.53 Å². The van der Waals surface area contributed by atoms with Crippen molar-refractivity contribution in [3.8, 4) is 5.75 Å². The fraction of sp³-hybridized carbons (Fsp3) is 0.235. The second-order valence-corrected chi connectivity index (χ2v) is 4.77. The molecule has 3 nitrogen and oxygen atoms in total. The van der Waals surface area contributed by atoms with Gasteiger partial charge >= 0.3 is 0 Å². The van der Waals surface area contributed by atoms with E-state index in [1.165, 1.54) is 0 Å². The molecule has 0 unspecified atom stereocenters. The summed E-state index contributed by atoms with van der Waals surface area (Å²) in [6.07, 6.45) is 2.17. The average Bonchev–Trinajstić information content (AvgIpc) is 2.46. The third-order valence-corrected chi connectivity index (χ3v) is 3.22. The van der Waals surface area contributed by atoms with Gasteiger partial charge in [0.05, 0.1) is 6.61 Å². The van der Waals surface area contributed by atoms with Crippen LogP contribution in [0.15, 0.2) is 43.0 Å². The largest absolute Gasteiger partial charge is 0.494 e. The minimum absolute atomic E-state index is 0.329. The summed E-state index contributed by atoms with van der Waals surface area (Å²) in [7, 11) is 0. The maximum Gasteiger partial charge on any atom is 0.248 e. The number of amides is 1. The van der Waals surface area contributed by atoms with Crippen LogP contribution >= 0.6 is 0 Å². The smallest absolute Gasteiger partial charge is 0.248 e. The second-order valence-electron chi connectivity index (χ2n) is 4.77. The van der Waals surface area contributed by atoms with Crippen molar-refractivity contribution in [1.29, 1.82) is 0 Å². The number of unbranched alkanes of at least 4 members (excludes halogenated alkanes) is 1. The Labute approximate surface area is 119 Å². The molecule has 0 aliphatic rings. The summed E-state index contributed by atoms with van der Waals surface area (Å²) in [5.74, 6) is 0.372. The molecule has 0 fully saturated rings. The van der Waals surface area contributed by atoms with Crippen LogP contribution in [0.2, 0.25) is 0 Å². The van der Waals surface area contributed by atoms with Crippen LogP contribution in [0.4, 0.5) is 0 Å². The number of carbonyl (C=O) groups is 1. The van der Waals surface area contributed by atoms with Gasteiger partial charge in [-0.05, 0) is 41.0 Å². The number of ether oxygens (including phenoxy) is 1. The maximum atomic E-state index is 11.1. The van der Waals surface area contributed by atoms with E-state index in [-0.39, 0.29) is 0 Å². The standard InChI is InChI=1S/C17H19NO2/c1-3-4-9-20-16-8-7-14-10-13(12(2)17(18)19)5-6-15(14)11-16/h5-8,10-11H,2-4,9H2,1H3,(H2,18,19). The monoisotopic (exact) mass is 269 g/mol. The van der Waals surface area contributed by atoms with E-state index in [9.17, 15) is 4.79 Å². The van der Waals surface area contributed by atoms with Crippen LogP contribution in [0.1, 0.15) is 25.3 Å². The molecule has 2 rings (SSSR count). The molecule has 0 saturated carbocycles. The molecular formula is C17H19NO2. The Hall–Kier alpha value is -2.29. The van der Waals surface area contributed by atoms with E-state index in [4.69, 9.17) is 10.5 Å². The molecule has 1 amide bonds. The van der Waals surface area contributed by atoms with Gasteiger partial charge in [0, 0.05) is 5.57 Å². The summed E-state index contributed by atoms with van der Waals surface area (Å²) in [4.78, 5) is 11.1. The summed E-state index contributed by atoms with van der Waals surface area (Å²) in [6, 6.07) is 11.6. The van der Waals surface area contributed by atoms with Crippen molar-refractivity contribution in [2.75, 3.05) is 6.61 Å². The Bertz CT molecular complexity index is 646. The highest BCUT2D eigenvalue weighted by Crippen LogP contribution is 2.24. The van der Waals surface area contributed by atoms with Gasteiger partial charge in [-0.15, -0.1) is 0 Å². The first-order valence-corrected chi connectivity index (χ1v) is 6.77. The highest BCUT2D eigenvalue weighted by Gasteiger charge is 2.06. The number of rotatable bonds is 6. The predicted octanol–water partition coefficient (Wildman–Crippen LogP) is 3.52. The Balaban J connectivity index is 2.25. The van der Waals surface area contributed by atoms with E-state index in [1.54, 1.807) is 0 Å². The van der Waals surface area contributed by atoms with Crippen LogP contribution in [0.25, 0.3) is 16.3 Å². The maximum absolute atomic E-state index is 11.1. The number of benzene rings is 2. The first-order valence-electron chi connectivity index (χ1n) is 6.77. The summed E-state index contributed by atoms with van der Waals surface area (Å²) < 4.78 is 5.68. The fourth-order valence-corrected chi connectivity index (χ4v) is 1.98. The van der Waals surface area contributed by atoms with Crippen molar-refractivity contribution in [2.24, 2.45) is 5.73 Å². The molecule has 2 aromatic rings. The molecule has 0 bridgehead atoms. The lowest BCUT2D eigenvalue weighted by atomic mass is 10.0. The third kappa shape index (κ3) is 3.18. The van der Waals surface area contributed by atoms with Crippen LogP contribution in [0.5, 0.6) is 5.75 Å². The lowest BCUT2D eigenvalue weighted by Crippen LogP contribution is -2.11. The molecule has 0 aliphatic carbocycles. The fourth-order valence-electron chi connectivity index (χ4n) is 1.98. The minimum Gasteiger partial charge on any atom is -0.494 e. The molecule has 0 aromatic heterocycles. The second kappa shape index (κ2) is 6.24. The van der Waals surface area contributed by atoms with Crippen molar-refractivity contribution in [1.82, 2.24) is 0 Å². The van der Waals surface area contributed by atoms with Gasteiger partial charge < -0.3 is 10.5 Å². The highest BCUT2D eigenvalue weighted by molar-refractivity contribution is 6.18. The number of hydrogen-bond donors (Lipinski definition) is 1. The molecule has 0 heterocycles.